The lowest BCUT2D eigenvalue weighted by Gasteiger charge is -2.12. The summed E-state index contributed by atoms with van der Waals surface area (Å²) in [5.74, 6) is 1.22. The molecular formula is C18H16F3N3S. The van der Waals surface area contributed by atoms with Crippen LogP contribution in [0.25, 0.3) is 22.8 Å². The van der Waals surface area contributed by atoms with Crippen molar-refractivity contribution in [1.29, 1.82) is 0 Å². The summed E-state index contributed by atoms with van der Waals surface area (Å²) in [5.41, 5.74) is 1.97. The highest BCUT2D eigenvalue weighted by atomic mass is 32.2. The van der Waals surface area contributed by atoms with E-state index in [4.69, 9.17) is 0 Å². The Morgan fingerprint density at radius 1 is 0.960 bits per heavy atom. The molecule has 0 aliphatic rings. The number of aryl methyl sites for hydroxylation is 1. The minimum atomic E-state index is -4.37. The molecule has 1 heterocycles. The first-order valence-corrected chi connectivity index (χ1v) is 8.76. The van der Waals surface area contributed by atoms with Crippen molar-refractivity contribution >= 4 is 11.8 Å². The molecule has 0 aliphatic carbocycles. The van der Waals surface area contributed by atoms with E-state index in [2.05, 4.69) is 10.2 Å². The minimum absolute atomic E-state index is 0.515. The van der Waals surface area contributed by atoms with Crippen LogP contribution >= 0.6 is 11.8 Å². The third-order valence-corrected chi connectivity index (χ3v) is 4.81. The van der Waals surface area contributed by atoms with Crippen molar-refractivity contribution in [3.63, 3.8) is 0 Å². The van der Waals surface area contributed by atoms with Crippen LogP contribution in [0.2, 0.25) is 0 Å². The number of rotatable bonds is 3. The van der Waals surface area contributed by atoms with Gasteiger partial charge in [-0.1, -0.05) is 24.3 Å². The summed E-state index contributed by atoms with van der Waals surface area (Å²) in [5, 5.41) is 8.47. The van der Waals surface area contributed by atoms with E-state index in [1.165, 1.54) is 17.8 Å². The van der Waals surface area contributed by atoms with Crippen LogP contribution in [0.3, 0.4) is 0 Å². The number of benzene rings is 2. The first kappa shape index (κ1) is 17.5. The molecule has 0 N–H and O–H groups in total. The number of thioether (sulfide) groups is 1. The molecule has 0 aliphatic heterocycles. The van der Waals surface area contributed by atoms with Crippen LogP contribution in [0.4, 0.5) is 13.2 Å². The second-order valence-electron chi connectivity index (χ2n) is 5.63. The van der Waals surface area contributed by atoms with Gasteiger partial charge in [-0.15, -0.1) is 22.0 Å². The Kier molecular flexibility index (Phi) is 4.60. The van der Waals surface area contributed by atoms with E-state index < -0.39 is 11.7 Å². The minimum Gasteiger partial charge on any atom is -0.310 e. The van der Waals surface area contributed by atoms with Crippen LogP contribution in [0.5, 0.6) is 0 Å². The molecule has 0 radical (unpaired) electrons. The van der Waals surface area contributed by atoms with E-state index >= 15 is 0 Å². The van der Waals surface area contributed by atoms with Crippen molar-refractivity contribution in [1.82, 2.24) is 14.8 Å². The highest BCUT2D eigenvalue weighted by Crippen LogP contribution is 2.37. The predicted molar refractivity (Wildman–Crippen MR) is 93.4 cm³/mol. The van der Waals surface area contributed by atoms with Gasteiger partial charge in [0.1, 0.15) is 0 Å². The fraction of sp³-hybridized carbons (Fsp3) is 0.222. The van der Waals surface area contributed by atoms with Crippen LogP contribution in [0.15, 0.2) is 47.4 Å². The molecule has 3 aromatic rings. The third kappa shape index (κ3) is 3.28. The average Bonchev–Trinajstić information content (AvgIpc) is 2.95. The van der Waals surface area contributed by atoms with E-state index in [9.17, 15) is 13.2 Å². The van der Waals surface area contributed by atoms with Gasteiger partial charge in [0.2, 0.25) is 0 Å². The lowest BCUT2D eigenvalue weighted by Crippen LogP contribution is -2.05. The SMILES string of the molecule is CSc1cc(C(F)(F)F)ccc1-c1nnc(-c2ccccc2C)n1C. The average molecular weight is 363 g/mol. The summed E-state index contributed by atoms with van der Waals surface area (Å²) in [6.45, 7) is 1.98. The molecule has 0 spiro atoms. The normalized spacial score (nSPS) is 11.8. The zero-order valence-electron chi connectivity index (χ0n) is 13.9. The first-order valence-electron chi connectivity index (χ1n) is 7.54. The Morgan fingerprint density at radius 2 is 1.60 bits per heavy atom. The Balaban J connectivity index is 2.11. The van der Waals surface area contributed by atoms with Crippen molar-refractivity contribution in [2.24, 2.45) is 7.05 Å². The standard InChI is InChI=1S/C18H16F3N3S/c1-11-6-4-5-7-13(11)16-22-23-17(24(16)2)14-9-8-12(18(19,20)21)10-15(14)25-3/h4-10H,1-3H3. The summed E-state index contributed by atoms with van der Waals surface area (Å²) in [4.78, 5) is 0.515. The highest BCUT2D eigenvalue weighted by Gasteiger charge is 2.31. The van der Waals surface area contributed by atoms with Gasteiger partial charge >= 0.3 is 6.18 Å². The molecule has 7 heteroatoms. The molecule has 0 amide bonds. The maximum absolute atomic E-state index is 12.9. The van der Waals surface area contributed by atoms with Crippen LogP contribution < -0.4 is 0 Å². The quantitative estimate of drug-likeness (QED) is 0.600. The van der Waals surface area contributed by atoms with Gasteiger partial charge in [-0.25, -0.2) is 0 Å². The molecule has 2 aromatic carbocycles. The van der Waals surface area contributed by atoms with Crippen molar-refractivity contribution in [2.45, 2.75) is 18.0 Å². The Bertz CT molecular complexity index is 916. The summed E-state index contributed by atoms with van der Waals surface area (Å²) in [6, 6.07) is 11.5. The third-order valence-electron chi connectivity index (χ3n) is 4.03. The van der Waals surface area contributed by atoms with Gasteiger partial charge < -0.3 is 4.57 Å². The Hall–Kier alpha value is -2.28. The lowest BCUT2D eigenvalue weighted by atomic mass is 10.1. The predicted octanol–water partition coefficient (Wildman–Crippen LogP) is 5.20. The summed E-state index contributed by atoms with van der Waals surface area (Å²) >= 11 is 1.26. The summed E-state index contributed by atoms with van der Waals surface area (Å²) in [7, 11) is 1.82. The van der Waals surface area contributed by atoms with E-state index in [1.807, 2.05) is 42.8 Å². The van der Waals surface area contributed by atoms with Gasteiger partial charge in [-0.05, 0) is 36.9 Å². The fourth-order valence-corrected chi connectivity index (χ4v) is 3.30. The number of aromatic nitrogens is 3. The van der Waals surface area contributed by atoms with Crippen LogP contribution in [0, 0.1) is 6.92 Å². The van der Waals surface area contributed by atoms with Crippen LogP contribution in [-0.4, -0.2) is 21.0 Å². The van der Waals surface area contributed by atoms with E-state index in [0.29, 0.717) is 22.1 Å². The molecule has 25 heavy (non-hydrogen) atoms. The number of hydrogen-bond donors (Lipinski definition) is 0. The van der Waals surface area contributed by atoms with Gasteiger partial charge in [-0.3, -0.25) is 0 Å². The number of alkyl halides is 3. The molecule has 0 bridgehead atoms. The fourth-order valence-electron chi connectivity index (χ4n) is 2.67. The van der Waals surface area contributed by atoms with Crippen LogP contribution in [-0.2, 0) is 13.2 Å². The lowest BCUT2D eigenvalue weighted by molar-refractivity contribution is -0.137. The molecule has 0 unspecified atom stereocenters. The zero-order valence-corrected chi connectivity index (χ0v) is 14.7. The topological polar surface area (TPSA) is 30.7 Å². The number of nitrogens with zero attached hydrogens (tertiary/aromatic N) is 3. The molecule has 1 aromatic heterocycles. The molecule has 3 rings (SSSR count). The molecule has 130 valence electrons. The second-order valence-corrected chi connectivity index (χ2v) is 6.48. The van der Waals surface area contributed by atoms with Gasteiger partial charge in [-0.2, -0.15) is 13.2 Å². The maximum Gasteiger partial charge on any atom is 0.416 e. The van der Waals surface area contributed by atoms with Gasteiger partial charge in [0, 0.05) is 23.1 Å². The van der Waals surface area contributed by atoms with Gasteiger partial charge in [0.05, 0.1) is 5.56 Å². The zero-order chi connectivity index (χ0) is 18.2. The van der Waals surface area contributed by atoms with E-state index in [1.54, 1.807) is 6.26 Å². The van der Waals surface area contributed by atoms with Crippen molar-refractivity contribution < 1.29 is 13.2 Å². The highest BCUT2D eigenvalue weighted by molar-refractivity contribution is 7.98. The number of hydrogen-bond acceptors (Lipinski definition) is 3. The molecule has 0 atom stereocenters. The maximum atomic E-state index is 12.9. The summed E-state index contributed by atoms with van der Waals surface area (Å²) in [6.07, 6.45) is -2.62. The van der Waals surface area contributed by atoms with Crippen LogP contribution in [0.1, 0.15) is 11.1 Å². The summed E-state index contributed by atoms with van der Waals surface area (Å²) < 4.78 is 40.6. The smallest absolute Gasteiger partial charge is 0.310 e. The van der Waals surface area contributed by atoms with Gasteiger partial charge in [0.15, 0.2) is 11.6 Å². The molecule has 3 nitrogen and oxygen atoms in total. The monoisotopic (exact) mass is 363 g/mol. The number of halogens is 3. The Labute approximate surface area is 147 Å². The van der Waals surface area contributed by atoms with Crippen molar-refractivity contribution in [2.75, 3.05) is 6.26 Å². The van der Waals surface area contributed by atoms with Gasteiger partial charge in [0.25, 0.3) is 0 Å². The van der Waals surface area contributed by atoms with E-state index in [-0.39, 0.29) is 0 Å². The molecule has 0 saturated carbocycles. The van der Waals surface area contributed by atoms with Crippen molar-refractivity contribution in [3.8, 4) is 22.8 Å². The van der Waals surface area contributed by atoms with Crippen molar-refractivity contribution in [3.05, 3.63) is 53.6 Å². The molecular weight excluding hydrogens is 347 g/mol. The van der Waals surface area contributed by atoms with E-state index in [0.717, 1.165) is 23.3 Å². The largest absolute Gasteiger partial charge is 0.416 e. The molecule has 0 fully saturated rings. The second kappa shape index (κ2) is 6.55. The first-order chi connectivity index (χ1) is 11.8. The Morgan fingerprint density at radius 3 is 2.20 bits per heavy atom. The molecule has 0 saturated heterocycles.